The number of nitrogens with zero attached hydrogens (tertiary/aromatic N) is 1. The Balaban J connectivity index is 1.58. The molecule has 0 atom stereocenters. The molecule has 0 amide bonds. The van der Waals surface area contributed by atoms with E-state index in [2.05, 4.69) is 21.3 Å². The second-order valence-corrected chi connectivity index (χ2v) is 5.79. The van der Waals surface area contributed by atoms with E-state index >= 15 is 0 Å². The van der Waals surface area contributed by atoms with E-state index < -0.39 is 0 Å². The molecule has 1 spiro atoms. The molecule has 0 aliphatic carbocycles. The standard InChI is InChI=1S/C14H17N3O2/c18-13-16-11-2-1-10(7-12(11)19-13)17-5-3-14(4-6-17)8-15-9-14/h1-2,7,15H,3-6,8-9H2,(H,16,18). The molecule has 2 aromatic rings. The Morgan fingerprint density at radius 2 is 2.00 bits per heavy atom. The second kappa shape index (κ2) is 3.87. The highest BCUT2D eigenvalue weighted by molar-refractivity contribution is 5.77. The summed E-state index contributed by atoms with van der Waals surface area (Å²) >= 11 is 0. The molecule has 19 heavy (non-hydrogen) atoms. The molecular weight excluding hydrogens is 242 g/mol. The van der Waals surface area contributed by atoms with E-state index in [-0.39, 0.29) is 5.76 Å². The molecule has 3 heterocycles. The number of hydrogen-bond donors (Lipinski definition) is 2. The van der Waals surface area contributed by atoms with Gasteiger partial charge in [-0.3, -0.25) is 4.98 Å². The van der Waals surface area contributed by atoms with Gasteiger partial charge in [-0.1, -0.05) is 0 Å². The van der Waals surface area contributed by atoms with Crippen molar-refractivity contribution in [3.8, 4) is 0 Å². The van der Waals surface area contributed by atoms with Crippen LogP contribution in [-0.4, -0.2) is 31.2 Å². The molecule has 0 radical (unpaired) electrons. The number of hydrogen-bond acceptors (Lipinski definition) is 4. The minimum Gasteiger partial charge on any atom is -0.408 e. The van der Waals surface area contributed by atoms with Gasteiger partial charge in [-0.2, -0.15) is 0 Å². The van der Waals surface area contributed by atoms with Crippen molar-refractivity contribution in [2.75, 3.05) is 31.1 Å². The van der Waals surface area contributed by atoms with E-state index in [1.807, 2.05) is 12.1 Å². The van der Waals surface area contributed by atoms with Crippen molar-refractivity contribution < 1.29 is 4.42 Å². The maximum absolute atomic E-state index is 11.2. The van der Waals surface area contributed by atoms with Crippen LogP contribution in [0.2, 0.25) is 0 Å². The van der Waals surface area contributed by atoms with Crippen molar-refractivity contribution >= 4 is 16.8 Å². The first-order chi connectivity index (χ1) is 9.24. The molecule has 5 nitrogen and oxygen atoms in total. The number of aromatic nitrogens is 1. The highest BCUT2D eigenvalue weighted by atomic mass is 16.4. The Hall–Kier alpha value is -1.75. The lowest BCUT2D eigenvalue weighted by Crippen LogP contribution is -2.58. The van der Waals surface area contributed by atoms with Crippen molar-refractivity contribution in [1.82, 2.24) is 10.3 Å². The number of fused-ring (bicyclic) bond motifs is 1. The molecule has 2 aliphatic heterocycles. The Kier molecular flexibility index (Phi) is 2.26. The first-order valence-electron chi connectivity index (χ1n) is 6.83. The zero-order valence-corrected chi connectivity index (χ0v) is 10.7. The lowest BCUT2D eigenvalue weighted by molar-refractivity contribution is 0.126. The van der Waals surface area contributed by atoms with Gasteiger partial charge in [0.15, 0.2) is 5.58 Å². The van der Waals surface area contributed by atoms with Crippen LogP contribution in [-0.2, 0) is 0 Å². The van der Waals surface area contributed by atoms with Gasteiger partial charge in [0.2, 0.25) is 0 Å². The molecular formula is C14H17N3O2. The van der Waals surface area contributed by atoms with Crippen LogP contribution in [0.3, 0.4) is 0 Å². The molecule has 100 valence electrons. The van der Waals surface area contributed by atoms with Crippen LogP contribution in [0.15, 0.2) is 27.4 Å². The Labute approximate surface area is 110 Å². The Bertz CT molecular complexity index is 659. The molecule has 2 fully saturated rings. The molecule has 2 aliphatic rings. The summed E-state index contributed by atoms with van der Waals surface area (Å²) in [7, 11) is 0. The fourth-order valence-corrected chi connectivity index (χ4v) is 3.20. The van der Waals surface area contributed by atoms with Gasteiger partial charge in [0.1, 0.15) is 0 Å². The fourth-order valence-electron chi connectivity index (χ4n) is 3.20. The van der Waals surface area contributed by atoms with E-state index in [0.29, 0.717) is 11.0 Å². The van der Waals surface area contributed by atoms with E-state index in [4.69, 9.17) is 4.42 Å². The molecule has 4 rings (SSSR count). The summed E-state index contributed by atoms with van der Waals surface area (Å²) in [6.45, 7) is 4.52. The molecule has 1 aromatic carbocycles. The summed E-state index contributed by atoms with van der Waals surface area (Å²) in [5.74, 6) is -0.384. The van der Waals surface area contributed by atoms with E-state index in [0.717, 1.165) is 24.3 Å². The fraction of sp³-hybridized carbons (Fsp3) is 0.500. The monoisotopic (exact) mass is 259 g/mol. The van der Waals surface area contributed by atoms with Crippen LogP contribution in [0.25, 0.3) is 11.1 Å². The van der Waals surface area contributed by atoms with Gasteiger partial charge in [-0.05, 0) is 30.4 Å². The average Bonchev–Trinajstić information content (AvgIpc) is 2.76. The molecule has 0 bridgehead atoms. The molecule has 0 saturated carbocycles. The number of benzene rings is 1. The number of H-pyrrole nitrogens is 1. The smallest absolute Gasteiger partial charge is 0.408 e. The van der Waals surface area contributed by atoms with Crippen LogP contribution in [0.1, 0.15) is 12.8 Å². The van der Waals surface area contributed by atoms with E-state index in [9.17, 15) is 4.79 Å². The lowest BCUT2D eigenvalue weighted by atomic mass is 9.73. The van der Waals surface area contributed by atoms with Gasteiger partial charge in [-0.15, -0.1) is 0 Å². The molecule has 2 saturated heterocycles. The predicted molar refractivity (Wildman–Crippen MR) is 73.6 cm³/mol. The topological polar surface area (TPSA) is 61.3 Å². The van der Waals surface area contributed by atoms with Crippen molar-refractivity contribution in [1.29, 1.82) is 0 Å². The second-order valence-electron chi connectivity index (χ2n) is 5.79. The third-order valence-corrected chi connectivity index (χ3v) is 4.59. The zero-order valence-electron chi connectivity index (χ0n) is 10.7. The normalized spacial score (nSPS) is 21.8. The summed E-state index contributed by atoms with van der Waals surface area (Å²) in [6.07, 6.45) is 2.49. The van der Waals surface area contributed by atoms with Crippen molar-refractivity contribution in [2.45, 2.75) is 12.8 Å². The summed E-state index contributed by atoms with van der Waals surface area (Å²) in [6, 6.07) is 5.94. The van der Waals surface area contributed by atoms with Gasteiger partial charge in [0, 0.05) is 37.9 Å². The van der Waals surface area contributed by atoms with E-state index in [1.165, 1.54) is 25.9 Å². The predicted octanol–water partition coefficient (Wildman–Crippen LogP) is 1.31. The molecule has 5 heteroatoms. The average molecular weight is 259 g/mol. The minimum absolute atomic E-state index is 0.384. The van der Waals surface area contributed by atoms with Gasteiger partial charge in [0.25, 0.3) is 0 Å². The van der Waals surface area contributed by atoms with Gasteiger partial charge < -0.3 is 14.6 Å². The van der Waals surface area contributed by atoms with Crippen LogP contribution < -0.4 is 16.0 Å². The summed E-state index contributed by atoms with van der Waals surface area (Å²) < 4.78 is 5.12. The SMILES string of the molecule is O=c1[nH]c2ccc(N3CCC4(CC3)CNC4)cc2o1. The number of oxazole rings is 1. The lowest BCUT2D eigenvalue weighted by Gasteiger charge is -2.48. The number of rotatable bonds is 1. The Morgan fingerprint density at radius 1 is 1.21 bits per heavy atom. The van der Waals surface area contributed by atoms with Crippen LogP contribution in [0.5, 0.6) is 0 Å². The van der Waals surface area contributed by atoms with Crippen LogP contribution in [0, 0.1) is 5.41 Å². The maximum Gasteiger partial charge on any atom is 0.417 e. The quantitative estimate of drug-likeness (QED) is 0.810. The van der Waals surface area contributed by atoms with Crippen molar-refractivity contribution in [3.05, 3.63) is 28.7 Å². The van der Waals surface area contributed by atoms with Gasteiger partial charge in [0.05, 0.1) is 5.52 Å². The highest BCUT2D eigenvalue weighted by Crippen LogP contribution is 2.36. The number of nitrogens with one attached hydrogen (secondary N) is 2. The number of aromatic amines is 1. The van der Waals surface area contributed by atoms with Crippen LogP contribution in [0.4, 0.5) is 5.69 Å². The van der Waals surface area contributed by atoms with Crippen LogP contribution >= 0.6 is 0 Å². The van der Waals surface area contributed by atoms with Gasteiger partial charge in [-0.25, -0.2) is 4.79 Å². The summed E-state index contributed by atoms with van der Waals surface area (Å²) in [4.78, 5) is 16.2. The van der Waals surface area contributed by atoms with E-state index in [1.54, 1.807) is 0 Å². The molecule has 2 N–H and O–H groups in total. The Morgan fingerprint density at radius 3 is 2.68 bits per heavy atom. The summed E-state index contributed by atoms with van der Waals surface area (Å²) in [5, 5.41) is 3.38. The summed E-state index contributed by atoms with van der Waals surface area (Å²) in [5.41, 5.74) is 3.12. The van der Waals surface area contributed by atoms with Gasteiger partial charge >= 0.3 is 5.76 Å². The maximum atomic E-state index is 11.2. The molecule has 0 unspecified atom stereocenters. The molecule has 1 aromatic heterocycles. The third kappa shape index (κ3) is 1.76. The zero-order chi connectivity index (χ0) is 12.9. The first kappa shape index (κ1) is 11.1. The third-order valence-electron chi connectivity index (χ3n) is 4.59. The highest BCUT2D eigenvalue weighted by Gasteiger charge is 2.39. The largest absolute Gasteiger partial charge is 0.417 e. The first-order valence-corrected chi connectivity index (χ1v) is 6.83. The number of anilines is 1. The minimum atomic E-state index is -0.384. The number of piperidine rings is 1. The van der Waals surface area contributed by atoms with Crippen molar-refractivity contribution in [3.63, 3.8) is 0 Å². The van der Waals surface area contributed by atoms with Crippen molar-refractivity contribution in [2.24, 2.45) is 5.41 Å².